The lowest BCUT2D eigenvalue weighted by Gasteiger charge is -2.15. The lowest BCUT2D eigenvalue weighted by Crippen LogP contribution is -2.38. The Bertz CT molecular complexity index is 176. The van der Waals surface area contributed by atoms with Crippen molar-refractivity contribution in [2.24, 2.45) is 11.8 Å². The SMILES string of the molecule is CC(C)CC(NCC1CC1)C(=O)O. The standard InChI is InChI=1S/C10H19NO2/c1-7(2)5-9(10(12)13)11-6-8-3-4-8/h7-9,11H,3-6H2,1-2H3,(H,12,13). The van der Waals surface area contributed by atoms with Crippen molar-refractivity contribution in [1.29, 1.82) is 0 Å². The molecule has 0 radical (unpaired) electrons. The van der Waals surface area contributed by atoms with Crippen molar-refractivity contribution in [3.05, 3.63) is 0 Å². The molecule has 3 nitrogen and oxygen atoms in total. The first-order valence-corrected chi connectivity index (χ1v) is 5.05. The zero-order valence-electron chi connectivity index (χ0n) is 8.42. The third-order valence-electron chi connectivity index (χ3n) is 2.36. The Morgan fingerprint density at radius 3 is 2.54 bits per heavy atom. The van der Waals surface area contributed by atoms with Gasteiger partial charge in [-0.15, -0.1) is 0 Å². The summed E-state index contributed by atoms with van der Waals surface area (Å²) in [5, 5.41) is 12.0. The molecular weight excluding hydrogens is 166 g/mol. The van der Waals surface area contributed by atoms with Gasteiger partial charge in [-0.05, 0) is 37.6 Å². The summed E-state index contributed by atoms with van der Waals surface area (Å²) in [6.07, 6.45) is 3.25. The molecular formula is C10H19NO2. The molecule has 3 heteroatoms. The molecule has 0 aromatic heterocycles. The van der Waals surface area contributed by atoms with Gasteiger partial charge in [0, 0.05) is 0 Å². The van der Waals surface area contributed by atoms with Crippen LogP contribution in [0.2, 0.25) is 0 Å². The van der Waals surface area contributed by atoms with Gasteiger partial charge < -0.3 is 10.4 Å². The van der Waals surface area contributed by atoms with Crippen LogP contribution in [0.4, 0.5) is 0 Å². The zero-order chi connectivity index (χ0) is 9.84. The molecule has 0 spiro atoms. The van der Waals surface area contributed by atoms with Crippen LogP contribution >= 0.6 is 0 Å². The lowest BCUT2D eigenvalue weighted by atomic mass is 10.0. The average Bonchev–Trinajstić information content (AvgIpc) is 2.79. The average molecular weight is 185 g/mol. The van der Waals surface area contributed by atoms with E-state index in [4.69, 9.17) is 5.11 Å². The van der Waals surface area contributed by atoms with E-state index in [0.717, 1.165) is 18.9 Å². The van der Waals surface area contributed by atoms with Gasteiger partial charge in [0.2, 0.25) is 0 Å². The smallest absolute Gasteiger partial charge is 0.320 e. The number of carbonyl (C=O) groups is 1. The van der Waals surface area contributed by atoms with Gasteiger partial charge in [-0.2, -0.15) is 0 Å². The van der Waals surface area contributed by atoms with E-state index in [-0.39, 0.29) is 6.04 Å². The second-order valence-electron chi connectivity index (χ2n) is 4.37. The maximum atomic E-state index is 10.8. The molecule has 0 saturated heterocycles. The van der Waals surface area contributed by atoms with Gasteiger partial charge in [0.05, 0.1) is 0 Å². The normalized spacial score (nSPS) is 19.0. The van der Waals surface area contributed by atoms with Crippen LogP contribution in [-0.4, -0.2) is 23.7 Å². The van der Waals surface area contributed by atoms with E-state index in [2.05, 4.69) is 19.2 Å². The zero-order valence-corrected chi connectivity index (χ0v) is 8.42. The second-order valence-corrected chi connectivity index (χ2v) is 4.37. The van der Waals surface area contributed by atoms with Gasteiger partial charge in [-0.25, -0.2) is 0 Å². The minimum atomic E-state index is -0.714. The molecule has 0 aliphatic heterocycles. The molecule has 0 heterocycles. The third-order valence-corrected chi connectivity index (χ3v) is 2.36. The molecule has 13 heavy (non-hydrogen) atoms. The fourth-order valence-electron chi connectivity index (χ4n) is 1.37. The Labute approximate surface area is 79.5 Å². The summed E-state index contributed by atoms with van der Waals surface area (Å²) in [6, 6.07) is -0.347. The number of hydrogen-bond donors (Lipinski definition) is 2. The van der Waals surface area contributed by atoms with Crippen molar-refractivity contribution in [2.45, 2.75) is 39.2 Å². The van der Waals surface area contributed by atoms with Crippen molar-refractivity contribution in [1.82, 2.24) is 5.32 Å². The molecule has 2 N–H and O–H groups in total. The van der Waals surface area contributed by atoms with E-state index in [1.807, 2.05) is 0 Å². The highest BCUT2D eigenvalue weighted by atomic mass is 16.4. The predicted octanol–water partition coefficient (Wildman–Crippen LogP) is 1.49. The number of carboxylic acids is 1. The molecule has 0 bridgehead atoms. The second kappa shape index (κ2) is 4.61. The molecule has 1 aliphatic rings. The van der Waals surface area contributed by atoms with E-state index in [0.29, 0.717) is 5.92 Å². The molecule has 0 aromatic carbocycles. The van der Waals surface area contributed by atoms with Crippen LogP contribution in [-0.2, 0) is 4.79 Å². The van der Waals surface area contributed by atoms with Gasteiger partial charge in [-0.3, -0.25) is 4.79 Å². The van der Waals surface area contributed by atoms with Crippen LogP contribution in [0, 0.1) is 11.8 Å². The van der Waals surface area contributed by atoms with E-state index in [1.54, 1.807) is 0 Å². The third kappa shape index (κ3) is 4.27. The number of nitrogens with one attached hydrogen (secondary N) is 1. The highest BCUT2D eigenvalue weighted by molar-refractivity contribution is 5.73. The Morgan fingerprint density at radius 1 is 1.54 bits per heavy atom. The topological polar surface area (TPSA) is 49.3 Å². The Morgan fingerprint density at radius 2 is 2.15 bits per heavy atom. The quantitative estimate of drug-likeness (QED) is 0.659. The van der Waals surface area contributed by atoms with E-state index in [9.17, 15) is 4.79 Å². The fraction of sp³-hybridized carbons (Fsp3) is 0.900. The first-order valence-electron chi connectivity index (χ1n) is 5.05. The summed E-state index contributed by atoms with van der Waals surface area (Å²) in [5.74, 6) is 0.469. The van der Waals surface area contributed by atoms with Crippen LogP contribution in [0.5, 0.6) is 0 Å². The Hall–Kier alpha value is -0.570. The Kier molecular flexibility index (Phi) is 3.72. The van der Waals surface area contributed by atoms with Crippen molar-refractivity contribution in [3.8, 4) is 0 Å². The Balaban J connectivity index is 2.23. The van der Waals surface area contributed by atoms with Gasteiger partial charge in [0.1, 0.15) is 6.04 Å². The monoisotopic (exact) mass is 185 g/mol. The summed E-state index contributed by atoms with van der Waals surface area (Å²) in [6.45, 7) is 4.98. The molecule has 1 rings (SSSR count). The number of rotatable bonds is 6. The van der Waals surface area contributed by atoms with Crippen molar-refractivity contribution >= 4 is 5.97 Å². The van der Waals surface area contributed by atoms with Gasteiger partial charge in [0.15, 0.2) is 0 Å². The molecule has 1 fully saturated rings. The van der Waals surface area contributed by atoms with Crippen molar-refractivity contribution in [3.63, 3.8) is 0 Å². The van der Waals surface area contributed by atoms with Crippen LogP contribution in [0.15, 0.2) is 0 Å². The highest BCUT2D eigenvalue weighted by Crippen LogP contribution is 2.27. The molecule has 1 saturated carbocycles. The molecule has 0 aromatic rings. The summed E-state index contributed by atoms with van der Waals surface area (Å²) >= 11 is 0. The maximum absolute atomic E-state index is 10.8. The summed E-state index contributed by atoms with van der Waals surface area (Å²) in [7, 11) is 0. The van der Waals surface area contributed by atoms with Crippen LogP contribution in [0.1, 0.15) is 33.1 Å². The predicted molar refractivity (Wildman–Crippen MR) is 51.6 cm³/mol. The van der Waals surface area contributed by atoms with Gasteiger partial charge in [0.25, 0.3) is 0 Å². The van der Waals surface area contributed by atoms with E-state index in [1.165, 1.54) is 12.8 Å². The molecule has 1 atom stereocenters. The molecule has 76 valence electrons. The van der Waals surface area contributed by atoms with Crippen LogP contribution in [0.3, 0.4) is 0 Å². The van der Waals surface area contributed by atoms with E-state index >= 15 is 0 Å². The van der Waals surface area contributed by atoms with Crippen LogP contribution < -0.4 is 5.32 Å². The number of carboxylic acid groups (broad SMARTS) is 1. The van der Waals surface area contributed by atoms with Gasteiger partial charge in [-0.1, -0.05) is 13.8 Å². The number of hydrogen-bond acceptors (Lipinski definition) is 2. The van der Waals surface area contributed by atoms with E-state index < -0.39 is 5.97 Å². The molecule has 1 unspecified atom stereocenters. The van der Waals surface area contributed by atoms with Crippen molar-refractivity contribution in [2.75, 3.05) is 6.54 Å². The maximum Gasteiger partial charge on any atom is 0.320 e. The number of aliphatic carboxylic acids is 1. The molecule has 0 amide bonds. The highest BCUT2D eigenvalue weighted by Gasteiger charge is 2.24. The lowest BCUT2D eigenvalue weighted by molar-refractivity contribution is -0.139. The van der Waals surface area contributed by atoms with Crippen molar-refractivity contribution < 1.29 is 9.90 Å². The first-order chi connectivity index (χ1) is 6.09. The molecule has 1 aliphatic carbocycles. The first kappa shape index (κ1) is 10.5. The van der Waals surface area contributed by atoms with Crippen LogP contribution in [0.25, 0.3) is 0 Å². The van der Waals surface area contributed by atoms with Gasteiger partial charge >= 0.3 is 5.97 Å². The summed E-state index contributed by atoms with van der Waals surface area (Å²) in [5.41, 5.74) is 0. The minimum absolute atomic E-state index is 0.347. The summed E-state index contributed by atoms with van der Waals surface area (Å²) in [4.78, 5) is 10.8. The fourth-order valence-corrected chi connectivity index (χ4v) is 1.37. The minimum Gasteiger partial charge on any atom is -0.480 e. The largest absolute Gasteiger partial charge is 0.480 e. The summed E-state index contributed by atoms with van der Waals surface area (Å²) < 4.78 is 0.